The van der Waals surface area contributed by atoms with E-state index in [2.05, 4.69) is 34.8 Å². The van der Waals surface area contributed by atoms with Gasteiger partial charge in [-0.3, -0.25) is 19.2 Å². The van der Waals surface area contributed by atoms with E-state index in [0.717, 1.165) is 30.4 Å². The molecule has 1 aliphatic heterocycles. The van der Waals surface area contributed by atoms with Crippen molar-refractivity contribution >= 4 is 5.52 Å². The molecule has 0 saturated carbocycles. The molecule has 4 rings (SSSR count). The van der Waals surface area contributed by atoms with Gasteiger partial charge in [-0.25, -0.2) is 9.50 Å². The molecule has 25 heavy (non-hydrogen) atoms. The maximum atomic E-state index is 12.7. The summed E-state index contributed by atoms with van der Waals surface area (Å²) in [5.41, 5.74) is 2.75. The summed E-state index contributed by atoms with van der Waals surface area (Å²) in [6, 6.07) is 4.13. The van der Waals surface area contributed by atoms with Crippen LogP contribution in [0.25, 0.3) is 5.52 Å². The normalized spacial score (nSPS) is 15.0. The molecular formula is C18H22N6O. The van der Waals surface area contributed by atoms with Crippen molar-refractivity contribution in [2.75, 3.05) is 6.54 Å². The highest BCUT2D eigenvalue weighted by Gasteiger charge is 2.22. The highest BCUT2D eigenvalue weighted by molar-refractivity contribution is 5.43. The molecule has 130 valence electrons. The molecule has 0 atom stereocenters. The summed E-state index contributed by atoms with van der Waals surface area (Å²) >= 11 is 0. The molecule has 0 fully saturated rings. The standard InChI is InChI=1S/C18H22N6O/c1-12(2)17-20-9-15-18(25)23-7-6-22(11-16(23)21-24(15)17)10-14-5-4-13(3)19-8-14/h4-5,8-9,12H,6-7,10-11H2,1-3H3. The molecule has 0 bridgehead atoms. The fourth-order valence-corrected chi connectivity index (χ4v) is 3.28. The van der Waals surface area contributed by atoms with Crippen molar-refractivity contribution in [2.24, 2.45) is 0 Å². The second-order valence-corrected chi connectivity index (χ2v) is 6.96. The van der Waals surface area contributed by atoms with Crippen LogP contribution in [0.15, 0.2) is 29.3 Å². The first-order valence-electron chi connectivity index (χ1n) is 8.64. The molecule has 0 spiro atoms. The Balaban J connectivity index is 1.66. The first-order chi connectivity index (χ1) is 12.0. The van der Waals surface area contributed by atoms with Crippen molar-refractivity contribution in [1.82, 2.24) is 29.0 Å². The van der Waals surface area contributed by atoms with Crippen LogP contribution in [0.2, 0.25) is 0 Å². The maximum absolute atomic E-state index is 12.7. The Kier molecular flexibility index (Phi) is 3.88. The minimum Gasteiger partial charge on any atom is -0.291 e. The SMILES string of the molecule is Cc1ccc(CN2CCn3c(nn4c(C(C)C)ncc4c3=O)C2)cn1. The van der Waals surface area contributed by atoms with E-state index in [9.17, 15) is 4.79 Å². The van der Waals surface area contributed by atoms with Crippen molar-refractivity contribution in [3.05, 3.63) is 57.8 Å². The minimum atomic E-state index is 0.000975. The number of aromatic nitrogens is 5. The maximum Gasteiger partial charge on any atom is 0.279 e. The Bertz CT molecular complexity index is 970. The zero-order valence-electron chi connectivity index (χ0n) is 14.8. The van der Waals surface area contributed by atoms with Gasteiger partial charge in [0.1, 0.15) is 11.6 Å². The van der Waals surface area contributed by atoms with Crippen LogP contribution < -0.4 is 5.56 Å². The lowest BCUT2D eigenvalue weighted by Gasteiger charge is -2.28. The molecule has 0 saturated heterocycles. The second kappa shape index (κ2) is 6.07. The first-order valence-corrected chi connectivity index (χ1v) is 8.64. The van der Waals surface area contributed by atoms with Gasteiger partial charge in [-0.1, -0.05) is 19.9 Å². The van der Waals surface area contributed by atoms with Crippen LogP contribution >= 0.6 is 0 Å². The van der Waals surface area contributed by atoms with Crippen molar-refractivity contribution in [3.8, 4) is 0 Å². The quantitative estimate of drug-likeness (QED) is 0.727. The molecule has 3 aromatic rings. The van der Waals surface area contributed by atoms with Crippen molar-refractivity contribution in [1.29, 1.82) is 0 Å². The number of pyridine rings is 1. The van der Waals surface area contributed by atoms with Gasteiger partial charge in [0.2, 0.25) is 0 Å². The van der Waals surface area contributed by atoms with E-state index in [-0.39, 0.29) is 11.5 Å². The molecule has 0 unspecified atom stereocenters. The van der Waals surface area contributed by atoms with Gasteiger partial charge < -0.3 is 0 Å². The monoisotopic (exact) mass is 338 g/mol. The predicted molar refractivity (Wildman–Crippen MR) is 94.4 cm³/mol. The van der Waals surface area contributed by atoms with E-state index < -0.39 is 0 Å². The van der Waals surface area contributed by atoms with Gasteiger partial charge in [0.15, 0.2) is 5.52 Å². The molecule has 7 heteroatoms. The van der Waals surface area contributed by atoms with Crippen LogP contribution in [-0.4, -0.2) is 35.6 Å². The lowest BCUT2D eigenvalue weighted by molar-refractivity contribution is 0.201. The number of rotatable bonds is 3. The molecule has 0 N–H and O–H groups in total. The van der Waals surface area contributed by atoms with E-state index in [1.807, 2.05) is 19.2 Å². The molecular weight excluding hydrogens is 316 g/mol. The van der Waals surface area contributed by atoms with E-state index in [0.29, 0.717) is 18.6 Å². The van der Waals surface area contributed by atoms with Gasteiger partial charge in [-0.15, -0.1) is 0 Å². The fraction of sp³-hybridized carbons (Fsp3) is 0.444. The first kappa shape index (κ1) is 16.0. The van der Waals surface area contributed by atoms with Crippen molar-refractivity contribution < 1.29 is 0 Å². The summed E-state index contributed by atoms with van der Waals surface area (Å²) in [5, 5.41) is 4.72. The summed E-state index contributed by atoms with van der Waals surface area (Å²) in [6.07, 6.45) is 3.56. The van der Waals surface area contributed by atoms with Crippen LogP contribution in [0.5, 0.6) is 0 Å². The van der Waals surface area contributed by atoms with Crippen LogP contribution in [0, 0.1) is 6.92 Å². The molecule has 0 aromatic carbocycles. The van der Waals surface area contributed by atoms with E-state index >= 15 is 0 Å². The van der Waals surface area contributed by atoms with Gasteiger partial charge in [-0.2, -0.15) is 5.10 Å². The Morgan fingerprint density at radius 1 is 1.16 bits per heavy atom. The number of hydrogen-bond acceptors (Lipinski definition) is 5. The fourth-order valence-electron chi connectivity index (χ4n) is 3.28. The van der Waals surface area contributed by atoms with E-state index in [1.54, 1.807) is 15.3 Å². The lowest BCUT2D eigenvalue weighted by Crippen LogP contribution is -2.40. The summed E-state index contributed by atoms with van der Waals surface area (Å²) < 4.78 is 3.50. The summed E-state index contributed by atoms with van der Waals surface area (Å²) in [6.45, 7) is 9.04. The molecule has 4 heterocycles. The number of hydrogen-bond donors (Lipinski definition) is 0. The third-order valence-electron chi connectivity index (χ3n) is 4.66. The van der Waals surface area contributed by atoms with Gasteiger partial charge in [0, 0.05) is 37.4 Å². The van der Waals surface area contributed by atoms with Gasteiger partial charge in [-0.05, 0) is 18.6 Å². The zero-order valence-corrected chi connectivity index (χ0v) is 14.8. The highest BCUT2D eigenvalue weighted by Crippen LogP contribution is 2.16. The Hall–Kier alpha value is -2.54. The number of nitrogens with zero attached hydrogens (tertiary/aromatic N) is 6. The zero-order chi connectivity index (χ0) is 17.6. The lowest BCUT2D eigenvalue weighted by atomic mass is 10.2. The number of imidazole rings is 1. The van der Waals surface area contributed by atoms with Gasteiger partial charge >= 0.3 is 0 Å². The number of aryl methyl sites for hydroxylation is 1. The summed E-state index contributed by atoms with van der Waals surface area (Å²) in [7, 11) is 0. The topological polar surface area (TPSA) is 68.3 Å². The average molecular weight is 338 g/mol. The Morgan fingerprint density at radius 2 is 2.00 bits per heavy atom. The predicted octanol–water partition coefficient (Wildman–Crippen LogP) is 1.73. The third kappa shape index (κ3) is 2.84. The van der Waals surface area contributed by atoms with E-state index in [4.69, 9.17) is 5.10 Å². The van der Waals surface area contributed by atoms with Crippen LogP contribution in [-0.2, 0) is 19.6 Å². The van der Waals surface area contributed by atoms with Crippen LogP contribution in [0.1, 0.15) is 42.7 Å². The second-order valence-electron chi connectivity index (χ2n) is 6.96. The van der Waals surface area contributed by atoms with E-state index in [1.165, 1.54) is 5.56 Å². The van der Waals surface area contributed by atoms with Crippen molar-refractivity contribution in [2.45, 2.75) is 46.3 Å². The largest absolute Gasteiger partial charge is 0.291 e. The van der Waals surface area contributed by atoms with Gasteiger partial charge in [0.25, 0.3) is 5.56 Å². The van der Waals surface area contributed by atoms with Crippen LogP contribution in [0.3, 0.4) is 0 Å². The van der Waals surface area contributed by atoms with Crippen molar-refractivity contribution in [3.63, 3.8) is 0 Å². The smallest absolute Gasteiger partial charge is 0.279 e. The molecule has 0 radical (unpaired) electrons. The molecule has 7 nitrogen and oxygen atoms in total. The summed E-state index contributed by atoms with van der Waals surface area (Å²) in [5.74, 6) is 1.84. The molecule has 0 amide bonds. The van der Waals surface area contributed by atoms with Gasteiger partial charge in [0.05, 0.1) is 12.7 Å². The average Bonchev–Trinajstić information content (AvgIpc) is 3.01. The Morgan fingerprint density at radius 3 is 2.72 bits per heavy atom. The number of fused-ring (bicyclic) bond motifs is 2. The highest BCUT2D eigenvalue weighted by atomic mass is 16.1. The summed E-state index contributed by atoms with van der Waals surface area (Å²) in [4.78, 5) is 23.8. The molecule has 3 aromatic heterocycles. The third-order valence-corrected chi connectivity index (χ3v) is 4.66. The molecule has 0 aliphatic carbocycles. The molecule has 1 aliphatic rings. The Labute approximate surface area is 145 Å². The minimum absolute atomic E-state index is 0.000975. The van der Waals surface area contributed by atoms with Crippen LogP contribution in [0.4, 0.5) is 0 Å².